The Labute approximate surface area is 138 Å². The summed E-state index contributed by atoms with van der Waals surface area (Å²) >= 11 is 1.80. The molecule has 22 heavy (non-hydrogen) atoms. The van der Waals surface area contributed by atoms with E-state index >= 15 is 0 Å². The van der Waals surface area contributed by atoms with Crippen LogP contribution in [0.1, 0.15) is 59.6 Å². The van der Waals surface area contributed by atoms with E-state index in [9.17, 15) is 0 Å². The van der Waals surface area contributed by atoms with E-state index in [1.54, 1.807) is 11.8 Å². The Hall–Kier alpha value is -1.09. The first-order chi connectivity index (χ1) is 10.1. The molecule has 2 atom stereocenters. The molecule has 0 amide bonds. The van der Waals surface area contributed by atoms with Crippen molar-refractivity contribution in [2.75, 3.05) is 0 Å². The molecule has 0 saturated carbocycles. The Balaban J connectivity index is 2.12. The maximum absolute atomic E-state index is 6.28. The molecule has 0 aliphatic carbocycles. The van der Waals surface area contributed by atoms with Crippen LogP contribution in [0.2, 0.25) is 0 Å². The van der Waals surface area contributed by atoms with E-state index in [0.29, 0.717) is 0 Å². The highest BCUT2D eigenvalue weighted by Gasteiger charge is 2.38. The molecule has 0 unspecified atom stereocenters. The molecule has 3 rings (SSSR count). The number of hydrogen-bond acceptors (Lipinski definition) is 3. The van der Waals surface area contributed by atoms with E-state index < -0.39 is 0 Å². The second-order valence-electron chi connectivity index (χ2n) is 8.31. The van der Waals surface area contributed by atoms with Gasteiger partial charge in [-0.1, -0.05) is 59.4 Å². The van der Waals surface area contributed by atoms with Gasteiger partial charge < -0.3 is 9.47 Å². The summed E-state index contributed by atoms with van der Waals surface area (Å²) in [6.07, 6.45) is 2.11. The molecule has 0 radical (unpaired) electrons. The van der Waals surface area contributed by atoms with Gasteiger partial charge >= 0.3 is 0 Å². The molecule has 2 aliphatic rings. The molecule has 3 heteroatoms. The van der Waals surface area contributed by atoms with Crippen molar-refractivity contribution in [1.29, 1.82) is 0 Å². The molecular formula is C19H26O2S. The van der Waals surface area contributed by atoms with Gasteiger partial charge in [-0.05, 0) is 41.0 Å². The lowest BCUT2D eigenvalue weighted by Gasteiger charge is -2.34. The first-order valence-electron chi connectivity index (χ1n) is 7.93. The highest BCUT2D eigenvalue weighted by Crippen LogP contribution is 2.49. The summed E-state index contributed by atoms with van der Waals surface area (Å²) in [7, 11) is 0. The van der Waals surface area contributed by atoms with Crippen molar-refractivity contribution in [1.82, 2.24) is 0 Å². The minimum absolute atomic E-state index is 0.0283. The van der Waals surface area contributed by atoms with Gasteiger partial charge in [0.05, 0.1) is 10.7 Å². The zero-order chi connectivity index (χ0) is 16.3. The maximum Gasteiger partial charge on any atom is 0.189 e. The van der Waals surface area contributed by atoms with E-state index in [1.165, 1.54) is 16.0 Å². The van der Waals surface area contributed by atoms with Crippen molar-refractivity contribution in [3.63, 3.8) is 0 Å². The van der Waals surface area contributed by atoms with E-state index in [2.05, 4.69) is 59.8 Å². The summed E-state index contributed by atoms with van der Waals surface area (Å²) in [5.74, 6) is 1.97. The third-order valence-corrected chi connectivity index (χ3v) is 5.45. The zero-order valence-corrected chi connectivity index (χ0v) is 15.4. The van der Waals surface area contributed by atoms with Crippen LogP contribution in [-0.2, 0) is 15.6 Å². The molecule has 120 valence electrons. The first-order valence-corrected chi connectivity index (χ1v) is 8.81. The van der Waals surface area contributed by atoms with Crippen LogP contribution in [0.15, 0.2) is 28.9 Å². The second kappa shape index (κ2) is 4.95. The largest absolute Gasteiger partial charge is 0.480 e. The van der Waals surface area contributed by atoms with Crippen LogP contribution in [0.5, 0.6) is 5.75 Å². The van der Waals surface area contributed by atoms with Crippen LogP contribution >= 0.6 is 11.8 Å². The quantitative estimate of drug-likeness (QED) is 0.638. The smallest absolute Gasteiger partial charge is 0.189 e. The Bertz CT molecular complexity index is 632. The lowest BCUT2D eigenvalue weighted by atomic mass is 9.80. The number of allylic oxidation sites excluding steroid dienone is 1. The fourth-order valence-corrected chi connectivity index (χ4v) is 4.26. The van der Waals surface area contributed by atoms with E-state index in [-0.39, 0.29) is 22.4 Å². The molecule has 0 aromatic heterocycles. The van der Waals surface area contributed by atoms with Gasteiger partial charge in [-0.3, -0.25) is 0 Å². The van der Waals surface area contributed by atoms with Crippen LogP contribution in [0, 0.1) is 0 Å². The summed E-state index contributed by atoms with van der Waals surface area (Å²) < 4.78 is 12.2. The van der Waals surface area contributed by atoms with E-state index in [4.69, 9.17) is 9.47 Å². The van der Waals surface area contributed by atoms with Crippen molar-refractivity contribution in [2.45, 2.75) is 75.7 Å². The molecule has 1 aromatic rings. The van der Waals surface area contributed by atoms with Gasteiger partial charge in [0, 0.05) is 0 Å². The summed E-state index contributed by atoms with van der Waals surface area (Å²) in [5.41, 5.74) is 2.92. The van der Waals surface area contributed by atoms with Crippen molar-refractivity contribution in [2.24, 2.45) is 0 Å². The molecule has 0 saturated heterocycles. The second-order valence-corrected chi connectivity index (χ2v) is 9.42. The van der Waals surface area contributed by atoms with Gasteiger partial charge in [0.25, 0.3) is 0 Å². The molecular weight excluding hydrogens is 292 g/mol. The van der Waals surface area contributed by atoms with Crippen LogP contribution < -0.4 is 4.74 Å². The highest BCUT2D eigenvalue weighted by atomic mass is 32.2. The average molecular weight is 318 g/mol. The van der Waals surface area contributed by atoms with Gasteiger partial charge in [-0.2, -0.15) is 0 Å². The lowest BCUT2D eigenvalue weighted by molar-refractivity contribution is 0.118. The van der Waals surface area contributed by atoms with Crippen molar-refractivity contribution in [3.05, 3.63) is 35.1 Å². The third-order valence-electron chi connectivity index (χ3n) is 4.20. The van der Waals surface area contributed by atoms with Crippen molar-refractivity contribution in [3.8, 4) is 5.75 Å². The predicted molar refractivity (Wildman–Crippen MR) is 92.7 cm³/mol. The summed E-state index contributed by atoms with van der Waals surface area (Å²) in [6, 6.07) is 4.57. The Morgan fingerprint density at radius 1 is 0.955 bits per heavy atom. The fraction of sp³-hybridized carbons (Fsp3) is 0.579. The Kier molecular flexibility index (Phi) is 3.56. The first kappa shape index (κ1) is 15.8. The van der Waals surface area contributed by atoms with Crippen LogP contribution in [0.4, 0.5) is 0 Å². The molecule has 0 N–H and O–H groups in total. The average Bonchev–Trinajstić information content (AvgIpc) is 2.71. The Morgan fingerprint density at radius 2 is 1.64 bits per heavy atom. The summed E-state index contributed by atoms with van der Waals surface area (Å²) in [4.78, 5) is 1.24. The van der Waals surface area contributed by atoms with Gasteiger partial charge in [0.15, 0.2) is 11.5 Å². The van der Waals surface area contributed by atoms with E-state index in [1.807, 2.05) is 6.92 Å². The molecule has 0 spiro atoms. The van der Waals surface area contributed by atoms with Gasteiger partial charge in [0.1, 0.15) is 5.75 Å². The molecule has 2 heterocycles. The van der Waals surface area contributed by atoms with E-state index in [0.717, 1.165) is 11.5 Å². The maximum atomic E-state index is 6.28. The lowest BCUT2D eigenvalue weighted by Crippen LogP contribution is -2.30. The monoisotopic (exact) mass is 318 g/mol. The zero-order valence-electron chi connectivity index (χ0n) is 14.6. The molecule has 0 fully saturated rings. The molecule has 0 bridgehead atoms. The molecule has 1 aromatic carbocycles. The number of rotatable bonds is 0. The highest BCUT2D eigenvalue weighted by molar-refractivity contribution is 8.00. The number of thioether (sulfide) groups is 1. The van der Waals surface area contributed by atoms with Gasteiger partial charge in [-0.15, -0.1) is 0 Å². The third kappa shape index (κ3) is 2.76. The predicted octanol–water partition coefficient (Wildman–Crippen LogP) is 5.39. The summed E-state index contributed by atoms with van der Waals surface area (Å²) in [6.45, 7) is 15.5. The minimum Gasteiger partial charge on any atom is -0.480 e. The van der Waals surface area contributed by atoms with Crippen LogP contribution in [-0.4, -0.2) is 11.5 Å². The summed E-state index contributed by atoms with van der Waals surface area (Å²) in [5, 5.41) is 0. The molecule has 2 nitrogen and oxygen atoms in total. The van der Waals surface area contributed by atoms with Crippen LogP contribution in [0.25, 0.3) is 0 Å². The number of ether oxygens (including phenoxy) is 2. The molecule has 2 aliphatic heterocycles. The number of benzene rings is 1. The fourth-order valence-electron chi connectivity index (χ4n) is 2.84. The van der Waals surface area contributed by atoms with Gasteiger partial charge in [0.2, 0.25) is 0 Å². The normalized spacial score (nSPS) is 24.0. The van der Waals surface area contributed by atoms with Gasteiger partial charge in [-0.25, -0.2) is 0 Å². The Morgan fingerprint density at radius 3 is 2.23 bits per heavy atom. The van der Waals surface area contributed by atoms with Crippen molar-refractivity contribution < 1.29 is 9.47 Å². The number of hydrogen-bond donors (Lipinski definition) is 0. The standard InChI is InChI=1S/C19H26O2S/c1-11-8-15-17(20-11)22-16-13(19(5,6)7)9-12(18(2,3)4)10-14(16)21-15/h8-10,15,17H,1-7H3/t15-,17-/m1/s1. The van der Waals surface area contributed by atoms with Crippen molar-refractivity contribution >= 4 is 11.8 Å². The van der Waals surface area contributed by atoms with Crippen LogP contribution in [0.3, 0.4) is 0 Å². The minimum atomic E-state index is 0.0283. The SMILES string of the molecule is CC1=C[C@H]2Oc3cc(C(C)(C)C)cc(C(C)(C)C)c3S[C@H]2O1. The number of fused-ring (bicyclic) bond motifs is 2. The topological polar surface area (TPSA) is 18.5 Å².